The van der Waals surface area contributed by atoms with E-state index >= 15 is 0 Å². The van der Waals surface area contributed by atoms with Crippen LogP contribution in [0.15, 0.2) is 18.2 Å². The second kappa shape index (κ2) is 3.35. The molecule has 0 aliphatic rings. The van der Waals surface area contributed by atoms with Gasteiger partial charge in [-0.05, 0) is 24.6 Å². The zero-order valence-electron chi connectivity index (χ0n) is 9.46. The van der Waals surface area contributed by atoms with Crippen LogP contribution in [0.25, 0.3) is 10.9 Å². The van der Waals surface area contributed by atoms with E-state index in [9.17, 15) is 0 Å². The number of aryl methyl sites for hydroxylation is 1. The summed E-state index contributed by atoms with van der Waals surface area (Å²) in [6.07, 6.45) is 0. The van der Waals surface area contributed by atoms with Crippen LogP contribution >= 0.6 is 0 Å². The van der Waals surface area contributed by atoms with Gasteiger partial charge in [0.2, 0.25) is 0 Å². The van der Waals surface area contributed by atoms with Gasteiger partial charge in [0.25, 0.3) is 0 Å². The lowest BCUT2D eigenvalue weighted by molar-refractivity contribution is 0.540. The Bertz CT molecular complexity index is 483. The van der Waals surface area contributed by atoms with E-state index in [1.54, 1.807) is 0 Å². The summed E-state index contributed by atoms with van der Waals surface area (Å²) in [6, 6.07) is 6.34. The minimum atomic E-state index is 0.0257. The first kappa shape index (κ1) is 10.2. The van der Waals surface area contributed by atoms with E-state index in [1.165, 1.54) is 10.9 Å². The maximum atomic E-state index is 5.77. The zero-order valence-corrected chi connectivity index (χ0v) is 9.46. The fourth-order valence-corrected chi connectivity index (χ4v) is 1.68. The fourth-order valence-electron chi connectivity index (χ4n) is 1.68. The molecule has 1 heterocycles. The zero-order chi connectivity index (χ0) is 11.1. The summed E-state index contributed by atoms with van der Waals surface area (Å²) in [5.74, 6) is 0. The van der Waals surface area contributed by atoms with Crippen LogP contribution in [0.3, 0.4) is 0 Å². The molecule has 3 N–H and O–H groups in total. The van der Waals surface area contributed by atoms with Crippen LogP contribution in [0.4, 0.5) is 0 Å². The molecule has 0 aliphatic heterocycles. The lowest BCUT2D eigenvalue weighted by Gasteiger charge is -2.22. The standard InChI is InChI=1S/C12H17N3/c1-8-10-6-9(12(2,3)7-13)4-5-11(10)15-14-8/h4-6H,7,13H2,1-3H3,(H,14,15). The van der Waals surface area contributed by atoms with E-state index in [1.807, 2.05) is 13.0 Å². The van der Waals surface area contributed by atoms with Crippen LogP contribution < -0.4 is 5.73 Å². The Hall–Kier alpha value is -1.35. The molecule has 0 atom stereocenters. The van der Waals surface area contributed by atoms with Crippen molar-refractivity contribution in [3.05, 3.63) is 29.5 Å². The van der Waals surface area contributed by atoms with Gasteiger partial charge < -0.3 is 5.73 Å². The van der Waals surface area contributed by atoms with Gasteiger partial charge in [0, 0.05) is 23.0 Å². The number of nitrogens with zero attached hydrogens (tertiary/aromatic N) is 1. The predicted octanol–water partition coefficient (Wildman–Crippen LogP) is 2.11. The highest BCUT2D eigenvalue weighted by Gasteiger charge is 2.19. The molecule has 3 nitrogen and oxygen atoms in total. The third kappa shape index (κ3) is 1.63. The summed E-state index contributed by atoms with van der Waals surface area (Å²) in [5.41, 5.74) is 9.19. The lowest BCUT2D eigenvalue weighted by Crippen LogP contribution is -2.27. The SMILES string of the molecule is Cc1[nH]nc2ccc(C(C)(C)CN)cc12. The molecule has 0 unspecified atom stereocenters. The summed E-state index contributed by atoms with van der Waals surface area (Å²) in [6.45, 7) is 7.00. The van der Waals surface area contributed by atoms with E-state index < -0.39 is 0 Å². The van der Waals surface area contributed by atoms with Gasteiger partial charge >= 0.3 is 0 Å². The third-order valence-corrected chi connectivity index (χ3v) is 3.04. The Morgan fingerprint density at radius 3 is 2.80 bits per heavy atom. The fraction of sp³-hybridized carbons (Fsp3) is 0.417. The van der Waals surface area contributed by atoms with E-state index in [0.717, 1.165) is 11.2 Å². The number of hydrogen-bond donors (Lipinski definition) is 2. The van der Waals surface area contributed by atoms with Gasteiger partial charge in [0.05, 0.1) is 5.52 Å². The van der Waals surface area contributed by atoms with E-state index in [0.29, 0.717) is 6.54 Å². The second-order valence-corrected chi connectivity index (χ2v) is 4.67. The van der Waals surface area contributed by atoms with Crippen molar-refractivity contribution in [2.75, 3.05) is 6.54 Å². The topological polar surface area (TPSA) is 54.7 Å². The van der Waals surface area contributed by atoms with Crippen molar-refractivity contribution in [1.82, 2.24) is 10.2 Å². The number of nitrogens with one attached hydrogen (secondary N) is 1. The largest absolute Gasteiger partial charge is 0.330 e. The van der Waals surface area contributed by atoms with Gasteiger partial charge in [0.15, 0.2) is 0 Å². The van der Waals surface area contributed by atoms with Gasteiger partial charge in [-0.1, -0.05) is 19.9 Å². The molecule has 0 bridgehead atoms. The van der Waals surface area contributed by atoms with Crippen LogP contribution in [-0.4, -0.2) is 16.7 Å². The van der Waals surface area contributed by atoms with Crippen LogP contribution in [0.5, 0.6) is 0 Å². The van der Waals surface area contributed by atoms with Crippen molar-refractivity contribution in [1.29, 1.82) is 0 Å². The van der Waals surface area contributed by atoms with E-state index in [4.69, 9.17) is 5.73 Å². The van der Waals surface area contributed by atoms with Crippen molar-refractivity contribution >= 4 is 10.9 Å². The van der Waals surface area contributed by atoms with Crippen molar-refractivity contribution in [3.63, 3.8) is 0 Å². The first-order valence-corrected chi connectivity index (χ1v) is 5.20. The molecule has 0 radical (unpaired) electrons. The molecule has 0 fully saturated rings. The van der Waals surface area contributed by atoms with E-state index in [2.05, 4.69) is 36.2 Å². The Morgan fingerprint density at radius 2 is 2.13 bits per heavy atom. The first-order valence-electron chi connectivity index (χ1n) is 5.20. The van der Waals surface area contributed by atoms with E-state index in [-0.39, 0.29) is 5.41 Å². The summed E-state index contributed by atoms with van der Waals surface area (Å²) in [4.78, 5) is 0. The average Bonchev–Trinajstić information content (AvgIpc) is 2.60. The molecule has 15 heavy (non-hydrogen) atoms. The smallest absolute Gasteiger partial charge is 0.0923 e. The molecule has 2 aromatic rings. The molecule has 0 amide bonds. The molecule has 80 valence electrons. The number of H-pyrrole nitrogens is 1. The van der Waals surface area contributed by atoms with Gasteiger partial charge in [-0.3, -0.25) is 5.10 Å². The predicted molar refractivity (Wildman–Crippen MR) is 62.9 cm³/mol. The van der Waals surface area contributed by atoms with Crippen LogP contribution in [0, 0.1) is 6.92 Å². The molecule has 3 heteroatoms. The Kier molecular flexibility index (Phi) is 2.27. The molecular weight excluding hydrogens is 186 g/mol. The van der Waals surface area contributed by atoms with Crippen LogP contribution in [-0.2, 0) is 5.41 Å². The number of fused-ring (bicyclic) bond motifs is 1. The average molecular weight is 203 g/mol. The minimum absolute atomic E-state index is 0.0257. The van der Waals surface area contributed by atoms with Gasteiger partial charge in [-0.2, -0.15) is 5.10 Å². The van der Waals surface area contributed by atoms with Crippen molar-refractivity contribution < 1.29 is 0 Å². The van der Waals surface area contributed by atoms with Crippen molar-refractivity contribution in [2.24, 2.45) is 5.73 Å². The quantitative estimate of drug-likeness (QED) is 0.785. The highest BCUT2D eigenvalue weighted by molar-refractivity contribution is 5.82. The van der Waals surface area contributed by atoms with Gasteiger partial charge in [-0.25, -0.2) is 0 Å². The Balaban J connectivity index is 2.59. The summed E-state index contributed by atoms with van der Waals surface area (Å²) in [7, 11) is 0. The number of benzene rings is 1. The van der Waals surface area contributed by atoms with Crippen molar-refractivity contribution in [3.8, 4) is 0 Å². The molecule has 1 aromatic heterocycles. The number of aromatic nitrogens is 2. The van der Waals surface area contributed by atoms with Gasteiger partial charge in [-0.15, -0.1) is 0 Å². The molecule has 0 aliphatic carbocycles. The van der Waals surface area contributed by atoms with Crippen molar-refractivity contribution in [2.45, 2.75) is 26.2 Å². The molecule has 1 aromatic carbocycles. The third-order valence-electron chi connectivity index (χ3n) is 3.04. The number of aromatic amines is 1. The Labute approximate surface area is 89.7 Å². The number of nitrogens with two attached hydrogens (primary N) is 1. The summed E-state index contributed by atoms with van der Waals surface area (Å²) < 4.78 is 0. The molecule has 0 saturated carbocycles. The maximum absolute atomic E-state index is 5.77. The highest BCUT2D eigenvalue weighted by atomic mass is 15.1. The lowest BCUT2D eigenvalue weighted by atomic mass is 9.84. The molecular formula is C12H17N3. The van der Waals surface area contributed by atoms with Crippen LogP contribution in [0.2, 0.25) is 0 Å². The maximum Gasteiger partial charge on any atom is 0.0923 e. The second-order valence-electron chi connectivity index (χ2n) is 4.67. The number of hydrogen-bond acceptors (Lipinski definition) is 2. The minimum Gasteiger partial charge on any atom is -0.330 e. The summed E-state index contributed by atoms with van der Waals surface area (Å²) in [5, 5.41) is 8.39. The normalized spacial score (nSPS) is 12.3. The first-order chi connectivity index (χ1) is 7.04. The number of rotatable bonds is 2. The monoisotopic (exact) mass is 203 g/mol. The Morgan fingerprint density at radius 1 is 1.40 bits per heavy atom. The highest BCUT2D eigenvalue weighted by Crippen LogP contribution is 2.26. The molecule has 2 rings (SSSR count). The molecule has 0 saturated heterocycles. The van der Waals surface area contributed by atoms with Gasteiger partial charge in [0.1, 0.15) is 0 Å². The molecule has 0 spiro atoms. The summed E-state index contributed by atoms with van der Waals surface area (Å²) >= 11 is 0. The van der Waals surface area contributed by atoms with Crippen LogP contribution in [0.1, 0.15) is 25.1 Å².